The zero-order valence-corrected chi connectivity index (χ0v) is 16.4. The number of carbonyl (C=O) groups excluding carboxylic acids is 1. The molecule has 0 aliphatic rings. The molecule has 1 atom stereocenters. The zero-order valence-electron chi connectivity index (χ0n) is 14.0. The molecule has 2 aromatic carbocycles. The molecule has 2 rings (SSSR count). The van der Waals surface area contributed by atoms with Crippen molar-refractivity contribution in [1.82, 2.24) is 5.32 Å². The lowest BCUT2D eigenvalue weighted by molar-refractivity contribution is -0.119. The smallest absolute Gasteiger partial charge is 0.230 e. The maximum Gasteiger partial charge on any atom is 0.230 e. The van der Waals surface area contributed by atoms with Crippen molar-refractivity contribution in [2.24, 2.45) is 0 Å². The molecular formula is C19H21Cl2NOS. The van der Waals surface area contributed by atoms with Crippen molar-refractivity contribution in [3.63, 3.8) is 0 Å². The summed E-state index contributed by atoms with van der Waals surface area (Å²) < 4.78 is 0. The van der Waals surface area contributed by atoms with Gasteiger partial charge >= 0.3 is 0 Å². The Hall–Kier alpha value is -1.16. The average Bonchev–Trinajstić information content (AvgIpc) is 2.53. The molecule has 0 heterocycles. The second kappa shape index (κ2) is 8.80. The van der Waals surface area contributed by atoms with Gasteiger partial charge in [-0.15, -0.1) is 11.8 Å². The van der Waals surface area contributed by atoms with E-state index in [4.69, 9.17) is 23.2 Å². The summed E-state index contributed by atoms with van der Waals surface area (Å²) in [5.41, 5.74) is 4.68. The number of halogens is 2. The number of benzene rings is 2. The summed E-state index contributed by atoms with van der Waals surface area (Å²) in [6, 6.07) is 11.8. The number of aryl methyl sites for hydroxylation is 2. The topological polar surface area (TPSA) is 29.1 Å². The van der Waals surface area contributed by atoms with Crippen molar-refractivity contribution in [2.45, 2.75) is 32.6 Å². The summed E-state index contributed by atoms with van der Waals surface area (Å²) in [5.74, 6) is 1.17. The number of thioether (sulfide) groups is 1. The number of hydrogen-bond acceptors (Lipinski definition) is 2. The third-order valence-corrected chi connectivity index (χ3v) is 5.64. The van der Waals surface area contributed by atoms with Crippen LogP contribution in [0.1, 0.15) is 35.2 Å². The van der Waals surface area contributed by atoms with Crippen LogP contribution in [0.3, 0.4) is 0 Å². The molecule has 0 spiro atoms. The van der Waals surface area contributed by atoms with Gasteiger partial charge in [-0.1, -0.05) is 47.5 Å². The van der Waals surface area contributed by atoms with Crippen LogP contribution in [0.4, 0.5) is 0 Å². The highest BCUT2D eigenvalue weighted by Gasteiger charge is 2.10. The van der Waals surface area contributed by atoms with Crippen molar-refractivity contribution < 1.29 is 4.79 Å². The number of amides is 1. The van der Waals surface area contributed by atoms with Crippen molar-refractivity contribution in [3.8, 4) is 0 Å². The third kappa shape index (κ3) is 5.44. The van der Waals surface area contributed by atoms with Crippen molar-refractivity contribution in [2.75, 3.05) is 5.75 Å². The van der Waals surface area contributed by atoms with Crippen molar-refractivity contribution in [1.29, 1.82) is 0 Å². The normalized spacial score (nSPS) is 12.0. The lowest BCUT2D eigenvalue weighted by atomic mass is 10.0. The van der Waals surface area contributed by atoms with Crippen LogP contribution in [0.5, 0.6) is 0 Å². The summed E-state index contributed by atoms with van der Waals surface area (Å²) in [6.07, 6.45) is 0. The summed E-state index contributed by atoms with van der Waals surface area (Å²) in [6.45, 7) is 6.17. The van der Waals surface area contributed by atoms with Crippen LogP contribution < -0.4 is 5.32 Å². The lowest BCUT2D eigenvalue weighted by Crippen LogP contribution is -2.28. The van der Waals surface area contributed by atoms with Gasteiger partial charge in [-0.3, -0.25) is 4.79 Å². The Bertz CT molecular complexity index is 733. The van der Waals surface area contributed by atoms with Gasteiger partial charge in [0, 0.05) is 5.75 Å². The standard InChI is InChI=1S/C19H21Cl2NOS/c1-12-4-6-16(8-13(12)2)14(3)22-19(23)11-24-10-15-5-7-17(20)18(21)9-15/h4-9,14H,10-11H2,1-3H3,(H,22,23)/t14-/m0/s1. The van der Waals surface area contributed by atoms with Gasteiger partial charge in [-0.25, -0.2) is 0 Å². The Labute approximate surface area is 157 Å². The fraction of sp³-hybridized carbons (Fsp3) is 0.316. The van der Waals surface area contributed by atoms with Gasteiger partial charge in [0.15, 0.2) is 0 Å². The summed E-state index contributed by atoms with van der Waals surface area (Å²) in [4.78, 5) is 12.1. The van der Waals surface area contributed by atoms with Crippen LogP contribution in [0.15, 0.2) is 36.4 Å². The van der Waals surface area contributed by atoms with E-state index in [0.717, 1.165) is 16.9 Å². The highest BCUT2D eigenvalue weighted by atomic mass is 35.5. The maximum absolute atomic E-state index is 12.1. The predicted octanol–water partition coefficient (Wildman–Crippen LogP) is 5.72. The van der Waals surface area contributed by atoms with Gasteiger partial charge in [0.1, 0.15) is 0 Å². The number of carbonyl (C=O) groups is 1. The molecule has 5 heteroatoms. The van der Waals surface area contributed by atoms with Crippen LogP contribution in [0.2, 0.25) is 10.0 Å². The molecule has 2 nitrogen and oxygen atoms in total. The van der Waals surface area contributed by atoms with Gasteiger partial charge in [0.2, 0.25) is 5.91 Å². The second-order valence-electron chi connectivity index (χ2n) is 5.87. The highest BCUT2D eigenvalue weighted by Crippen LogP contribution is 2.24. The van der Waals surface area contributed by atoms with E-state index in [-0.39, 0.29) is 11.9 Å². The van der Waals surface area contributed by atoms with E-state index in [2.05, 4.69) is 37.4 Å². The molecule has 24 heavy (non-hydrogen) atoms. The Kier molecular flexibility index (Phi) is 7.02. The molecule has 2 aromatic rings. The van der Waals surface area contributed by atoms with E-state index in [1.807, 2.05) is 19.1 Å². The minimum absolute atomic E-state index is 0.00220. The van der Waals surface area contributed by atoms with Crippen LogP contribution in [-0.4, -0.2) is 11.7 Å². The third-order valence-electron chi connectivity index (χ3n) is 3.89. The summed E-state index contributed by atoms with van der Waals surface area (Å²) in [5, 5.41) is 4.13. The van der Waals surface area contributed by atoms with E-state index >= 15 is 0 Å². The second-order valence-corrected chi connectivity index (χ2v) is 7.67. The first kappa shape index (κ1) is 19.2. The van der Waals surface area contributed by atoms with Gasteiger partial charge in [0.25, 0.3) is 0 Å². The molecule has 0 aliphatic carbocycles. The summed E-state index contributed by atoms with van der Waals surface area (Å²) in [7, 11) is 0. The number of hydrogen-bond donors (Lipinski definition) is 1. The highest BCUT2D eigenvalue weighted by molar-refractivity contribution is 7.99. The molecule has 0 saturated carbocycles. The Morgan fingerprint density at radius 2 is 1.83 bits per heavy atom. The molecule has 0 unspecified atom stereocenters. The fourth-order valence-corrected chi connectivity index (χ4v) is 3.40. The SMILES string of the molecule is Cc1ccc([C@H](C)NC(=O)CSCc2ccc(Cl)c(Cl)c2)cc1C. The quantitative estimate of drug-likeness (QED) is 0.692. The molecule has 0 aliphatic heterocycles. The zero-order chi connectivity index (χ0) is 17.7. The van der Waals surface area contributed by atoms with E-state index in [1.54, 1.807) is 17.8 Å². The van der Waals surface area contributed by atoms with Gasteiger partial charge < -0.3 is 5.32 Å². The minimum atomic E-state index is 0.00220. The van der Waals surface area contributed by atoms with E-state index < -0.39 is 0 Å². The number of nitrogens with one attached hydrogen (secondary N) is 1. The molecule has 0 saturated heterocycles. The molecule has 128 valence electrons. The van der Waals surface area contributed by atoms with E-state index in [0.29, 0.717) is 15.8 Å². The first-order chi connectivity index (χ1) is 11.4. The predicted molar refractivity (Wildman–Crippen MR) is 105 cm³/mol. The molecule has 1 N–H and O–H groups in total. The first-order valence-electron chi connectivity index (χ1n) is 7.75. The van der Waals surface area contributed by atoms with Crippen LogP contribution >= 0.6 is 35.0 Å². The van der Waals surface area contributed by atoms with E-state index in [9.17, 15) is 4.79 Å². The van der Waals surface area contributed by atoms with Crippen molar-refractivity contribution >= 4 is 40.9 Å². The fourth-order valence-electron chi connectivity index (χ4n) is 2.29. The maximum atomic E-state index is 12.1. The van der Waals surface area contributed by atoms with E-state index in [1.165, 1.54) is 11.1 Å². The first-order valence-corrected chi connectivity index (χ1v) is 9.66. The van der Waals surface area contributed by atoms with Crippen LogP contribution in [-0.2, 0) is 10.5 Å². The molecule has 0 fully saturated rings. The molecule has 1 amide bonds. The van der Waals surface area contributed by atoms with Crippen LogP contribution in [0.25, 0.3) is 0 Å². The Morgan fingerprint density at radius 1 is 1.08 bits per heavy atom. The minimum Gasteiger partial charge on any atom is -0.349 e. The Balaban J connectivity index is 1.82. The lowest BCUT2D eigenvalue weighted by Gasteiger charge is -2.15. The van der Waals surface area contributed by atoms with Gasteiger partial charge in [-0.2, -0.15) is 0 Å². The molecule has 0 aromatic heterocycles. The Morgan fingerprint density at radius 3 is 2.50 bits per heavy atom. The van der Waals surface area contributed by atoms with Crippen LogP contribution in [0, 0.1) is 13.8 Å². The largest absolute Gasteiger partial charge is 0.349 e. The monoisotopic (exact) mass is 381 g/mol. The van der Waals surface area contributed by atoms with Gasteiger partial charge in [-0.05, 0) is 55.2 Å². The number of rotatable bonds is 6. The van der Waals surface area contributed by atoms with Gasteiger partial charge in [0.05, 0.1) is 21.8 Å². The molecule has 0 bridgehead atoms. The molecular weight excluding hydrogens is 361 g/mol. The molecule has 0 radical (unpaired) electrons. The average molecular weight is 382 g/mol. The van der Waals surface area contributed by atoms with Crippen molar-refractivity contribution in [3.05, 3.63) is 68.7 Å². The summed E-state index contributed by atoms with van der Waals surface area (Å²) >= 11 is 13.5.